The van der Waals surface area contributed by atoms with Crippen molar-refractivity contribution in [3.8, 4) is 5.69 Å². The van der Waals surface area contributed by atoms with E-state index in [1.807, 2.05) is 50.2 Å². The highest BCUT2D eigenvalue weighted by Gasteiger charge is 2.34. The maximum Gasteiger partial charge on any atom is 0.314 e. The summed E-state index contributed by atoms with van der Waals surface area (Å²) in [5, 5.41) is 10.7. The lowest BCUT2D eigenvalue weighted by atomic mass is 10.0. The van der Waals surface area contributed by atoms with E-state index in [0.29, 0.717) is 16.8 Å². The van der Waals surface area contributed by atoms with Gasteiger partial charge >= 0.3 is 11.8 Å². The third kappa shape index (κ3) is 4.54. The SMILES string of the molecule is Cc1ccc(-n2nc(C)cc2NC(=O)C(=O)NC(c2ccc(Cl)cc2)C2CC2)cc1. The number of nitrogens with zero attached hydrogens (tertiary/aromatic N) is 2. The standard InChI is InChI=1S/C23H23ClN4O2/c1-14-3-11-19(12-4-14)28-20(13-15(2)27-28)25-22(29)23(30)26-21(16-5-6-16)17-7-9-18(24)10-8-17/h3-4,7-13,16,21H,5-6H2,1-2H3,(H,25,29)(H,26,30). The van der Waals surface area contributed by atoms with Crippen LogP contribution in [0.4, 0.5) is 5.82 Å². The molecular weight excluding hydrogens is 400 g/mol. The van der Waals surface area contributed by atoms with Crippen LogP contribution in [0.3, 0.4) is 0 Å². The Balaban J connectivity index is 1.49. The highest BCUT2D eigenvalue weighted by molar-refractivity contribution is 6.39. The third-order valence-electron chi connectivity index (χ3n) is 5.17. The molecule has 154 valence electrons. The van der Waals surface area contributed by atoms with Gasteiger partial charge in [-0.25, -0.2) is 4.68 Å². The molecule has 2 aromatic carbocycles. The van der Waals surface area contributed by atoms with Gasteiger partial charge < -0.3 is 10.6 Å². The molecule has 0 spiro atoms. The van der Waals surface area contributed by atoms with Crippen molar-refractivity contribution in [1.29, 1.82) is 0 Å². The highest BCUT2D eigenvalue weighted by Crippen LogP contribution is 2.41. The molecule has 1 aromatic heterocycles. The number of carbonyl (C=O) groups excluding carboxylic acids is 2. The van der Waals surface area contributed by atoms with Gasteiger partial charge in [-0.15, -0.1) is 0 Å². The molecule has 0 radical (unpaired) electrons. The van der Waals surface area contributed by atoms with E-state index in [1.54, 1.807) is 22.9 Å². The average Bonchev–Trinajstić information content (AvgIpc) is 3.50. The Bertz CT molecular complexity index is 1070. The van der Waals surface area contributed by atoms with Crippen LogP contribution >= 0.6 is 11.6 Å². The summed E-state index contributed by atoms with van der Waals surface area (Å²) < 4.78 is 1.62. The van der Waals surface area contributed by atoms with Crippen LogP contribution in [0.2, 0.25) is 5.02 Å². The number of aromatic nitrogens is 2. The van der Waals surface area contributed by atoms with Crippen LogP contribution in [0.1, 0.15) is 35.7 Å². The molecule has 30 heavy (non-hydrogen) atoms. The van der Waals surface area contributed by atoms with E-state index < -0.39 is 11.8 Å². The number of hydrogen-bond acceptors (Lipinski definition) is 3. The number of anilines is 1. The van der Waals surface area contributed by atoms with Crippen molar-refractivity contribution in [3.05, 3.63) is 76.4 Å². The molecule has 3 aromatic rings. The Kier molecular flexibility index (Phi) is 5.59. The van der Waals surface area contributed by atoms with Crippen molar-refractivity contribution in [2.75, 3.05) is 5.32 Å². The van der Waals surface area contributed by atoms with Gasteiger partial charge in [-0.3, -0.25) is 9.59 Å². The molecule has 7 heteroatoms. The zero-order valence-electron chi connectivity index (χ0n) is 16.9. The van der Waals surface area contributed by atoms with E-state index in [0.717, 1.165) is 35.3 Å². The van der Waals surface area contributed by atoms with Crippen molar-refractivity contribution >= 4 is 29.2 Å². The van der Waals surface area contributed by atoms with Crippen LogP contribution in [0.25, 0.3) is 5.69 Å². The minimum atomic E-state index is -0.720. The molecule has 1 unspecified atom stereocenters. The molecule has 1 aliphatic rings. The van der Waals surface area contributed by atoms with Gasteiger partial charge in [0.1, 0.15) is 5.82 Å². The number of halogens is 1. The Morgan fingerprint density at radius 2 is 1.70 bits per heavy atom. The minimum absolute atomic E-state index is 0.204. The van der Waals surface area contributed by atoms with E-state index in [9.17, 15) is 9.59 Å². The van der Waals surface area contributed by atoms with Gasteiger partial charge in [0.05, 0.1) is 17.4 Å². The molecule has 0 aliphatic heterocycles. The molecule has 1 atom stereocenters. The zero-order valence-corrected chi connectivity index (χ0v) is 17.6. The van der Waals surface area contributed by atoms with Gasteiger partial charge in [0.15, 0.2) is 0 Å². The summed E-state index contributed by atoms with van der Waals surface area (Å²) in [6.45, 7) is 3.84. The summed E-state index contributed by atoms with van der Waals surface area (Å²) in [5.41, 5.74) is 3.62. The summed E-state index contributed by atoms with van der Waals surface area (Å²) in [7, 11) is 0. The fourth-order valence-corrected chi connectivity index (χ4v) is 3.55. The van der Waals surface area contributed by atoms with Gasteiger partial charge in [0.2, 0.25) is 0 Å². The van der Waals surface area contributed by atoms with E-state index >= 15 is 0 Å². The normalized spacial score (nSPS) is 14.2. The maximum atomic E-state index is 12.7. The molecule has 2 N–H and O–H groups in total. The Labute approximate surface area is 180 Å². The first-order valence-corrected chi connectivity index (χ1v) is 10.3. The second kappa shape index (κ2) is 8.32. The van der Waals surface area contributed by atoms with E-state index in [-0.39, 0.29) is 6.04 Å². The summed E-state index contributed by atoms with van der Waals surface area (Å²) in [5.74, 6) is -0.603. The quantitative estimate of drug-likeness (QED) is 0.600. The van der Waals surface area contributed by atoms with Crippen molar-refractivity contribution in [1.82, 2.24) is 15.1 Å². The van der Waals surface area contributed by atoms with Gasteiger partial charge in [0, 0.05) is 11.1 Å². The van der Waals surface area contributed by atoms with E-state index in [2.05, 4.69) is 15.7 Å². The maximum absolute atomic E-state index is 12.7. The van der Waals surface area contributed by atoms with Crippen molar-refractivity contribution in [2.24, 2.45) is 5.92 Å². The Hall–Kier alpha value is -3.12. The van der Waals surface area contributed by atoms with Crippen LogP contribution in [-0.4, -0.2) is 21.6 Å². The first kappa shape index (κ1) is 20.2. The first-order valence-electron chi connectivity index (χ1n) is 9.92. The summed E-state index contributed by atoms with van der Waals surface area (Å²) >= 11 is 5.97. The topological polar surface area (TPSA) is 76.0 Å². The fraction of sp³-hybridized carbons (Fsp3) is 0.261. The predicted molar refractivity (Wildman–Crippen MR) is 117 cm³/mol. The lowest BCUT2D eigenvalue weighted by molar-refractivity contribution is -0.136. The van der Waals surface area contributed by atoms with Crippen LogP contribution in [0, 0.1) is 19.8 Å². The van der Waals surface area contributed by atoms with Crippen molar-refractivity contribution < 1.29 is 9.59 Å². The second-order valence-electron chi connectivity index (χ2n) is 7.71. The lowest BCUT2D eigenvalue weighted by Crippen LogP contribution is -2.38. The first-order chi connectivity index (χ1) is 14.4. The molecule has 1 fully saturated rings. The smallest absolute Gasteiger partial charge is 0.314 e. The number of aryl methyl sites for hydroxylation is 2. The van der Waals surface area contributed by atoms with E-state index in [4.69, 9.17) is 11.6 Å². The van der Waals surface area contributed by atoms with Gasteiger partial charge in [0.25, 0.3) is 0 Å². The second-order valence-corrected chi connectivity index (χ2v) is 8.15. The van der Waals surface area contributed by atoms with Crippen molar-refractivity contribution in [2.45, 2.75) is 32.7 Å². The predicted octanol–water partition coefficient (Wildman–Crippen LogP) is 4.35. The molecule has 1 heterocycles. The number of rotatable bonds is 5. The highest BCUT2D eigenvalue weighted by atomic mass is 35.5. The fourth-order valence-electron chi connectivity index (χ4n) is 3.42. The third-order valence-corrected chi connectivity index (χ3v) is 5.42. The van der Waals surface area contributed by atoms with Crippen molar-refractivity contribution in [3.63, 3.8) is 0 Å². The summed E-state index contributed by atoms with van der Waals surface area (Å²) in [6, 6.07) is 16.7. The number of amides is 2. The average molecular weight is 423 g/mol. The largest absolute Gasteiger partial charge is 0.341 e. The lowest BCUT2D eigenvalue weighted by Gasteiger charge is -2.18. The summed E-state index contributed by atoms with van der Waals surface area (Å²) in [4.78, 5) is 25.3. The molecular formula is C23H23ClN4O2. The molecule has 0 bridgehead atoms. The molecule has 6 nitrogen and oxygen atoms in total. The molecule has 2 amide bonds. The molecule has 0 saturated heterocycles. The van der Waals surface area contributed by atoms with Crippen LogP contribution < -0.4 is 10.6 Å². The number of nitrogens with one attached hydrogen (secondary N) is 2. The minimum Gasteiger partial charge on any atom is -0.341 e. The number of hydrogen-bond donors (Lipinski definition) is 2. The van der Waals surface area contributed by atoms with Gasteiger partial charge in [-0.2, -0.15) is 5.10 Å². The van der Waals surface area contributed by atoms with Crippen LogP contribution in [-0.2, 0) is 9.59 Å². The Morgan fingerprint density at radius 1 is 1.03 bits per heavy atom. The number of carbonyl (C=O) groups is 2. The number of benzene rings is 2. The van der Waals surface area contributed by atoms with Gasteiger partial charge in [-0.05, 0) is 62.4 Å². The monoisotopic (exact) mass is 422 g/mol. The summed E-state index contributed by atoms with van der Waals surface area (Å²) in [6.07, 6.45) is 2.04. The van der Waals surface area contributed by atoms with Crippen LogP contribution in [0.5, 0.6) is 0 Å². The molecule has 4 rings (SSSR count). The van der Waals surface area contributed by atoms with Gasteiger partial charge in [-0.1, -0.05) is 41.4 Å². The van der Waals surface area contributed by atoms with Crippen LogP contribution in [0.15, 0.2) is 54.6 Å². The molecule has 1 saturated carbocycles. The Morgan fingerprint density at radius 3 is 2.33 bits per heavy atom. The van der Waals surface area contributed by atoms with E-state index in [1.165, 1.54) is 0 Å². The zero-order chi connectivity index (χ0) is 21.3. The molecule has 1 aliphatic carbocycles.